The van der Waals surface area contributed by atoms with Crippen LogP contribution in [-0.4, -0.2) is 16.6 Å². The van der Waals surface area contributed by atoms with Crippen molar-refractivity contribution in [1.29, 1.82) is 0 Å². The maximum absolute atomic E-state index is 4.31. The number of hydrogen-bond donors (Lipinski definition) is 1. The molecule has 0 spiro atoms. The van der Waals surface area contributed by atoms with E-state index in [4.69, 9.17) is 0 Å². The van der Waals surface area contributed by atoms with Gasteiger partial charge in [-0.2, -0.15) is 0 Å². The molecule has 0 aliphatic rings. The molecule has 0 unspecified atom stereocenters. The van der Waals surface area contributed by atoms with E-state index in [1.807, 2.05) is 31.4 Å². The molecule has 15 heavy (non-hydrogen) atoms. The normalized spacial score (nSPS) is 10.5. The number of nitrogens with zero attached hydrogens (tertiary/aromatic N) is 2. The Labute approximate surface area is 89.8 Å². The topological polar surface area (TPSA) is 29.9 Å². The molecule has 0 amide bonds. The van der Waals surface area contributed by atoms with Crippen molar-refractivity contribution >= 4 is 0 Å². The first-order valence-corrected chi connectivity index (χ1v) is 5.08. The highest BCUT2D eigenvalue weighted by molar-refractivity contribution is 5.11. The molecule has 2 aromatic heterocycles. The van der Waals surface area contributed by atoms with Gasteiger partial charge < -0.3 is 9.88 Å². The van der Waals surface area contributed by atoms with E-state index in [1.54, 1.807) is 0 Å². The lowest BCUT2D eigenvalue weighted by molar-refractivity contribution is 0.684. The Kier molecular flexibility index (Phi) is 3.15. The molecule has 2 heterocycles. The summed E-state index contributed by atoms with van der Waals surface area (Å²) < 4.78 is 2.21. The molecule has 0 aliphatic carbocycles. The van der Waals surface area contributed by atoms with Gasteiger partial charge in [-0.05, 0) is 31.3 Å². The lowest BCUT2D eigenvalue weighted by atomic mass is 10.3. The van der Waals surface area contributed by atoms with Crippen LogP contribution in [0.25, 0.3) is 0 Å². The summed E-state index contributed by atoms with van der Waals surface area (Å²) in [6, 6.07) is 10.2. The average Bonchev–Trinajstić information content (AvgIpc) is 2.68. The Morgan fingerprint density at radius 1 is 1.27 bits per heavy atom. The number of pyridine rings is 1. The van der Waals surface area contributed by atoms with Crippen LogP contribution in [0.5, 0.6) is 0 Å². The maximum atomic E-state index is 4.31. The van der Waals surface area contributed by atoms with E-state index >= 15 is 0 Å². The molecule has 0 aromatic carbocycles. The monoisotopic (exact) mass is 201 g/mol. The molecule has 0 radical (unpaired) electrons. The highest BCUT2D eigenvalue weighted by Crippen LogP contribution is 2.05. The highest BCUT2D eigenvalue weighted by atomic mass is 15.0. The second-order valence-corrected chi connectivity index (χ2v) is 3.48. The summed E-state index contributed by atoms with van der Waals surface area (Å²) in [5.74, 6) is 0. The fraction of sp³-hybridized carbons (Fsp3) is 0.250. The van der Waals surface area contributed by atoms with Crippen molar-refractivity contribution in [3.05, 3.63) is 54.1 Å². The standard InChI is InChI=1S/C12H15N3/c1-13-9-12-6-4-8-15(12)10-11-5-2-3-7-14-11/h2-8,13H,9-10H2,1H3. The third kappa shape index (κ3) is 2.44. The molecule has 2 rings (SSSR count). The number of aromatic nitrogens is 2. The lowest BCUT2D eigenvalue weighted by Gasteiger charge is -2.07. The Bertz CT molecular complexity index is 406. The van der Waals surface area contributed by atoms with Crippen LogP contribution in [-0.2, 0) is 13.1 Å². The van der Waals surface area contributed by atoms with Crippen molar-refractivity contribution in [3.63, 3.8) is 0 Å². The Balaban J connectivity index is 2.14. The van der Waals surface area contributed by atoms with Crippen LogP contribution in [0.2, 0.25) is 0 Å². The van der Waals surface area contributed by atoms with Crippen LogP contribution < -0.4 is 5.32 Å². The maximum Gasteiger partial charge on any atom is 0.0645 e. The van der Waals surface area contributed by atoms with E-state index in [9.17, 15) is 0 Å². The van der Waals surface area contributed by atoms with E-state index in [1.165, 1.54) is 5.69 Å². The third-order valence-electron chi connectivity index (χ3n) is 2.34. The molecule has 78 valence electrons. The van der Waals surface area contributed by atoms with Crippen molar-refractivity contribution in [3.8, 4) is 0 Å². The molecule has 1 N–H and O–H groups in total. The summed E-state index contributed by atoms with van der Waals surface area (Å²) in [4.78, 5) is 4.31. The van der Waals surface area contributed by atoms with Gasteiger partial charge in [0.2, 0.25) is 0 Å². The summed E-state index contributed by atoms with van der Waals surface area (Å²) in [7, 11) is 1.96. The van der Waals surface area contributed by atoms with Crippen LogP contribution >= 0.6 is 0 Å². The predicted molar refractivity (Wildman–Crippen MR) is 60.5 cm³/mol. The lowest BCUT2D eigenvalue weighted by Crippen LogP contribution is -2.11. The molecule has 0 aliphatic heterocycles. The van der Waals surface area contributed by atoms with Crippen LogP contribution in [0.15, 0.2) is 42.7 Å². The third-order valence-corrected chi connectivity index (χ3v) is 2.34. The average molecular weight is 201 g/mol. The van der Waals surface area contributed by atoms with E-state index in [2.05, 4.69) is 33.2 Å². The van der Waals surface area contributed by atoms with Crippen LogP contribution in [0.1, 0.15) is 11.4 Å². The first kappa shape index (κ1) is 9.93. The minimum absolute atomic E-state index is 0.838. The summed E-state index contributed by atoms with van der Waals surface area (Å²) >= 11 is 0. The molecule has 0 fully saturated rings. The molecule has 0 bridgehead atoms. The zero-order valence-electron chi connectivity index (χ0n) is 8.85. The first-order chi connectivity index (χ1) is 7.40. The van der Waals surface area contributed by atoms with Gasteiger partial charge in [0.15, 0.2) is 0 Å². The minimum atomic E-state index is 0.838. The quantitative estimate of drug-likeness (QED) is 0.815. The largest absolute Gasteiger partial charge is 0.344 e. The number of hydrogen-bond acceptors (Lipinski definition) is 2. The van der Waals surface area contributed by atoms with Crippen molar-refractivity contribution < 1.29 is 0 Å². The van der Waals surface area contributed by atoms with E-state index < -0.39 is 0 Å². The predicted octanol–water partition coefficient (Wildman–Crippen LogP) is 1.65. The molecule has 0 saturated heterocycles. The summed E-state index contributed by atoms with van der Waals surface area (Å²) in [5, 5.41) is 3.16. The van der Waals surface area contributed by atoms with Crippen molar-refractivity contribution in [2.24, 2.45) is 0 Å². The summed E-state index contributed by atoms with van der Waals surface area (Å²) in [6.45, 7) is 1.73. The van der Waals surface area contributed by atoms with Crippen LogP contribution in [0.3, 0.4) is 0 Å². The van der Waals surface area contributed by atoms with Gasteiger partial charge in [0.1, 0.15) is 0 Å². The highest BCUT2D eigenvalue weighted by Gasteiger charge is 2.00. The van der Waals surface area contributed by atoms with Gasteiger partial charge in [-0.1, -0.05) is 6.07 Å². The smallest absolute Gasteiger partial charge is 0.0645 e. The molecule has 0 atom stereocenters. The Morgan fingerprint density at radius 2 is 2.20 bits per heavy atom. The van der Waals surface area contributed by atoms with Crippen molar-refractivity contribution in [2.45, 2.75) is 13.1 Å². The SMILES string of the molecule is CNCc1cccn1Cc1ccccn1. The zero-order chi connectivity index (χ0) is 10.5. The number of rotatable bonds is 4. The molecule has 3 heteroatoms. The van der Waals surface area contributed by atoms with Crippen molar-refractivity contribution in [2.75, 3.05) is 7.05 Å². The van der Waals surface area contributed by atoms with Crippen LogP contribution in [0.4, 0.5) is 0 Å². The van der Waals surface area contributed by atoms with Gasteiger partial charge in [0.25, 0.3) is 0 Å². The van der Waals surface area contributed by atoms with E-state index in [0.717, 1.165) is 18.8 Å². The van der Waals surface area contributed by atoms with Gasteiger partial charge in [-0.3, -0.25) is 4.98 Å². The van der Waals surface area contributed by atoms with Crippen molar-refractivity contribution in [1.82, 2.24) is 14.9 Å². The van der Waals surface area contributed by atoms with E-state index in [0.29, 0.717) is 0 Å². The van der Waals surface area contributed by atoms with E-state index in [-0.39, 0.29) is 0 Å². The number of nitrogens with one attached hydrogen (secondary N) is 1. The zero-order valence-corrected chi connectivity index (χ0v) is 8.85. The van der Waals surface area contributed by atoms with Gasteiger partial charge in [-0.15, -0.1) is 0 Å². The second kappa shape index (κ2) is 4.75. The Hall–Kier alpha value is -1.61. The molecular formula is C12H15N3. The molecule has 3 nitrogen and oxygen atoms in total. The fourth-order valence-corrected chi connectivity index (χ4v) is 1.61. The van der Waals surface area contributed by atoms with Gasteiger partial charge in [0.05, 0.1) is 12.2 Å². The Morgan fingerprint density at radius 3 is 2.93 bits per heavy atom. The first-order valence-electron chi connectivity index (χ1n) is 5.08. The minimum Gasteiger partial charge on any atom is -0.344 e. The summed E-state index contributed by atoms with van der Waals surface area (Å²) in [5.41, 5.74) is 2.37. The molecular weight excluding hydrogens is 186 g/mol. The van der Waals surface area contributed by atoms with Gasteiger partial charge in [-0.25, -0.2) is 0 Å². The van der Waals surface area contributed by atoms with Gasteiger partial charge in [0, 0.05) is 24.6 Å². The van der Waals surface area contributed by atoms with Crippen LogP contribution in [0, 0.1) is 0 Å². The fourth-order valence-electron chi connectivity index (χ4n) is 1.61. The molecule has 2 aromatic rings. The van der Waals surface area contributed by atoms with Gasteiger partial charge >= 0.3 is 0 Å². The molecule has 0 saturated carbocycles. The summed E-state index contributed by atoms with van der Waals surface area (Å²) in [6.07, 6.45) is 3.91. The second-order valence-electron chi connectivity index (χ2n) is 3.48.